The van der Waals surface area contributed by atoms with Crippen LogP contribution in [0.25, 0.3) is 0 Å². The Hall–Kier alpha value is -2.28. The lowest BCUT2D eigenvalue weighted by molar-refractivity contribution is -0.139. The van der Waals surface area contributed by atoms with Gasteiger partial charge in [-0.15, -0.1) is 0 Å². The van der Waals surface area contributed by atoms with Gasteiger partial charge in [-0.25, -0.2) is 9.59 Å². The van der Waals surface area contributed by atoms with E-state index in [1.807, 2.05) is 0 Å². The lowest BCUT2D eigenvalue weighted by Crippen LogP contribution is -2.38. The summed E-state index contributed by atoms with van der Waals surface area (Å²) in [5.41, 5.74) is -0.329. The molecule has 0 unspecified atom stereocenters. The number of carboxylic acid groups (broad SMARTS) is 1. The lowest BCUT2D eigenvalue weighted by Gasteiger charge is -2.22. The number of aliphatic hydroxyl groups excluding tert-OH is 1. The van der Waals surface area contributed by atoms with E-state index in [-0.39, 0.29) is 13.2 Å². The highest BCUT2D eigenvalue weighted by molar-refractivity contribution is 5.81. The highest BCUT2D eigenvalue weighted by Crippen LogP contribution is 2.19. The zero-order chi connectivity index (χ0) is 16.8. The van der Waals surface area contributed by atoms with Crippen LogP contribution in [0.15, 0.2) is 24.3 Å². The second-order valence-electron chi connectivity index (χ2n) is 5.56. The van der Waals surface area contributed by atoms with E-state index in [9.17, 15) is 14.7 Å². The molecule has 0 aromatic heterocycles. The van der Waals surface area contributed by atoms with Crippen molar-refractivity contribution >= 4 is 12.1 Å². The molecule has 0 bridgehead atoms. The zero-order valence-electron chi connectivity index (χ0n) is 12.8. The second-order valence-corrected chi connectivity index (χ2v) is 5.56. The van der Waals surface area contributed by atoms with E-state index in [1.54, 1.807) is 32.9 Å². The van der Waals surface area contributed by atoms with Crippen LogP contribution in [-0.2, 0) is 9.53 Å². The van der Waals surface area contributed by atoms with Gasteiger partial charge in [0.25, 0.3) is 0 Å². The summed E-state index contributed by atoms with van der Waals surface area (Å²) in [4.78, 5) is 23.0. The van der Waals surface area contributed by atoms with Gasteiger partial charge >= 0.3 is 12.1 Å². The molecule has 0 aliphatic rings. The Bertz CT molecular complexity index is 506. The molecule has 7 nitrogen and oxygen atoms in total. The third-order valence-corrected chi connectivity index (χ3v) is 2.48. The summed E-state index contributed by atoms with van der Waals surface area (Å²) in [5, 5.41) is 20.2. The molecule has 0 radical (unpaired) electrons. The number of aliphatic hydroxyl groups is 1. The molecule has 1 rings (SSSR count). The zero-order valence-corrected chi connectivity index (χ0v) is 12.8. The Kier molecular flexibility index (Phi) is 6.18. The van der Waals surface area contributed by atoms with Crippen LogP contribution in [0.3, 0.4) is 0 Å². The average Bonchev–Trinajstić information content (AvgIpc) is 2.41. The summed E-state index contributed by atoms with van der Waals surface area (Å²) in [6, 6.07) is 4.97. The number of hydrogen-bond donors (Lipinski definition) is 3. The first-order valence-corrected chi connectivity index (χ1v) is 6.79. The number of amides is 1. The van der Waals surface area contributed by atoms with Crippen molar-refractivity contribution in [3.05, 3.63) is 29.8 Å². The SMILES string of the molecule is CC(C)(C)OC(=O)N[C@@H](C(=O)O)c1ccc(OCCO)cc1. The Labute approximate surface area is 128 Å². The molecule has 0 heterocycles. The molecular formula is C15H21NO6. The number of carboxylic acids is 1. The predicted molar refractivity (Wildman–Crippen MR) is 78.8 cm³/mol. The second kappa shape index (κ2) is 7.65. The number of ether oxygens (including phenoxy) is 2. The molecule has 7 heteroatoms. The first-order valence-electron chi connectivity index (χ1n) is 6.79. The molecule has 1 atom stereocenters. The molecule has 0 fully saturated rings. The topological polar surface area (TPSA) is 105 Å². The summed E-state index contributed by atoms with van der Waals surface area (Å²) < 4.78 is 10.2. The third kappa shape index (κ3) is 6.01. The van der Waals surface area contributed by atoms with Crippen LogP contribution in [0.1, 0.15) is 32.4 Å². The molecule has 3 N–H and O–H groups in total. The van der Waals surface area contributed by atoms with Gasteiger partial charge in [-0.05, 0) is 38.5 Å². The number of aliphatic carboxylic acids is 1. The van der Waals surface area contributed by atoms with Crippen molar-refractivity contribution in [2.45, 2.75) is 32.4 Å². The standard InChI is InChI=1S/C15H21NO6/c1-15(2,3)22-14(20)16-12(13(18)19)10-4-6-11(7-5-10)21-9-8-17/h4-7,12,17H,8-9H2,1-3H3,(H,16,20)(H,18,19)/t12-/m1/s1. The van der Waals surface area contributed by atoms with E-state index in [0.29, 0.717) is 11.3 Å². The summed E-state index contributed by atoms with van der Waals surface area (Å²) in [7, 11) is 0. The molecular weight excluding hydrogens is 290 g/mol. The van der Waals surface area contributed by atoms with Crippen LogP contribution in [0, 0.1) is 0 Å². The fourth-order valence-electron chi connectivity index (χ4n) is 1.63. The normalized spacial score (nSPS) is 12.4. The maximum absolute atomic E-state index is 11.7. The quantitative estimate of drug-likeness (QED) is 0.738. The molecule has 1 aromatic rings. The first kappa shape index (κ1) is 17.8. The van der Waals surface area contributed by atoms with Crippen molar-refractivity contribution in [1.29, 1.82) is 0 Å². The monoisotopic (exact) mass is 311 g/mol. The van der Waals surface area contributed by atoms with E-state index >= 15 is 0 Å². The molecule has 122 valence electrons. The van der Waals surface area contributed by atoms with Gasteiger partial charge in [0, 0.05) is 0 Å². The molecule has 0 spiro atoms. The largest absolute Gasteiger partial charge is 0.491 e. The van der Waals surface area contributed by atoms with E-state index in [4.69, 9.17) is 14.6 Å². The van der Waals surface area contributed by atoms with Crippen LogP contribution in [0.5, 0.6) is 5.75 Å². The fraction of sp³-hybridized carbons (Fsp3) is 0.467. The number of alkyl carbamates (subject to hydrolysis) is 1. The van der Waals surface area contributed by atoms with Gasteiger partial charge in [0.05, 0.1) is 6.61 Å². The van der Waals surface area contributed by atoms with Gasteiger partial charge in [-0.1, -0.05) is 12.1 Å². The smallest absolute Gasteiger partial charge is 0.408 e. The van der Waals surface area contributed by atoms with Crippen molar-refractivity contribution in [3.8, 4) is 5.75 Å². The Morgan fingerprint density at radius 1 is 1.23 bits per heavy atom. The summed E-state index contributed by atoms with van der Waals surface area (Å²) in [6.07, 6.45) is -0.805. The molecule has 1 amide bonds. The molecule has 0 aliphatic carbocycles. The number of rotatable bonds is 6. The number of nitrogens with one attached hydrogen (secondary N) is 1. The van der Waals surface area contributed by atoms with E-state index in [0.717, 1.165) is 0 Å². The van der Waals surface area contributed by atoms with E-state index in [2.05, 4.69) is 5.32 Å². The van der Waals surface area contributed by atoms with Crippen molar-refractivity contribution in [1.82, 2.24) is 5.32 Å². The number of benzene rings is 1. The van der Waals surface area contributed by atoms with E-state index < -0.39 is 23.7 Å². The van der Waals surface area contributed by atoms with Gasteiger partial charge in [-0.2, -0.15) is 0 Å². The fourth-order valence-corrected chi connectivity index (χ4v) is 1.63. The lowest BCUT2D eigenvalue weighted by atomic mass is 10.1. The minimum Gasteiger partial charge on any atom is -0.491 e. The number of hydrogen-bond acceptors (Lipinski definition) is 5. The highest BCUT2D eigenvalue weighted by Gasteiger charge is 2.25. The molecule has 0 aliphatic heterocycles. The van der Waals surface area contributed by atoms with Gasteiger partial charge < -0.3 is 25.0 Å². The predicted octanol–water partition coefficient (Wildman–Crippen LogP) is 1.71. The van der Waals surface area contributed by atoms with Crippen molar-refractivity contribution < 1.29 is 29.3 Å². The van der Waals surface area contributed by atoms with Crippen LogP contribution in [0.4, 0.5) is 4.79 Å². The minimum atomic E-state index is -1.22. The Morgan fingerprint density at radius 2 is 1.82 bits per heavy atom. The molecule has 1 aromatic carbocycles. The average molecular weight is 311 g/mol. The number of carbonyl (C=O) groups is 2. The maximum Gasteiger partial charge on any atom is 0.408 e. The van der Waals surface area contributed by atoms with E-state index in [1.165, 1.54) is 12.1 Å². The molecule has 22 heavy (non-hydrogen) atoms. The van der Waals surface area contributed by atoms with Crippen molar-refractivity contribution in [2.75, 3.05) is 13.2 Å². The van der Waals surface area contributed by atoms with Gasteiger partial charge in [-0.3, -0.25) is 0 Å². The van der Waals surface area contributed by atoms with Crippen LogP contribution >= 0.6 is 0 Å². The Morgan fingerprint density at radius 3 is 2.27 bits per heavy atom. The third-order valence-electron chi connectivity index (χ3n) is 2.48. The molecule has 0 saturated heterocycles. The highest BCUT2D eigenvalue weighted by atomic mass is 16.6. The van der Waals surface area contributed by atoms with Crippen molar-refractivity contribution in [3.63, 3.8) is 0 Å². The minimum absolute atomic E-state index is 0.111. The first-order chi connectivity index (χ1) is 10.2. The maximum atomic E-state index is 11.7. The van der Waals surface area contributed by atoms with Gasteiger partial charge in [0.2, 0.25) is 0 Å². The van der Waals surface area contributed by atoms with Crippen LogP contribution < -0.4 is 10.1 Å². The summed E-state index contributed by atoms with van der Waals surface area (Å²) in [5.74, 6) is -0.700. The van der Waals surface area contributed by atoms with Gasteiger partial charge in [0.1, 0.15) is 18.0 Å². The van der Waals surface area contributed by atoms with Crippen LogP contribution in [-0.4, -0.2) is 41.1 Å². The van der Waals surface area contributed by atoms with Crippen molar-refractivity contribution in [2.24, 2.45) is 0 Å². The summed E-state index contributed by atoms with van der Waals surface area (Å²) in [6.45, 7) is 5.11. The van der Waals surface area contributed by atoms with Crippen LogP contribution in [0.2, 0.25) is 0 Å². The van der Waals surface area contributed by atoms with Gasteiger partial charge in [0.15, 0.2) is 6.04 Å². The number of carbonyl (C=O) groups excluding carboxylic acids is 1. The summed E-state index contributed by atoms with van der Waals surface area (Å²) >= 11 is 0. The molecule has 0 saturated carbocycles. The Balaban J connectivity index is 2.78.